The van der Waals surface area contributed by atoms with Crippen LogP contribution in [0, 0.1) is 0 Å². The molecule has 0 N–H and O–H groups in total. The molecule has 0 fully saturated rings. The van der Waals surface area contributed by atoms with Crippen LogP contribution in [0.2, 0.25) is 0 Å². The van der Waals surface area contributed by atoms with Gasteiger partial charge < -0.3 is 14.2 Å². The fraction of sp³-hybridized carbons (Fsp3) is 0.526. The van der Waals surface area contributed by atoms with Crippen molar-refractivity contribution in [3.05, 3.63) is 84.0 Å². The first kappa shape index (κ1) is 35.2. The van der Waals surface area contributed by atoms with Crippen molar-refractivity contribution in [2.45, 2.75) is 115 Å². The van der Waals surface area contributed by atoms with E-state index in [2.05, 4.69) is 13.8 Å². The van der Waals surface area contributed by atoms with Crippen LogP contribution in [0.1, 0.15) is 120 Å². The molecule has 240 valence electrons. The number of hydrogen-bond acceptors (Lipinski definition) is 5. The Morgan fingerprint density at radius 2 is 1.45 bits per heavy atom. The fourth-order valence-corrected chi connectivity index (χ4v) is 5.31. The predicted molar refractivity (Wildman–Crippen MR) is 175 cm³/mol. The molecule has 1 aliphatic carbocycles. The van der Waals surface area contributed by atoms with Crippen LogP contribution >= 0.6 is 0 Å². The normalized spacial score (nSPS) is 16.8. The number of alkyl halides is 1. The zero-order chi connectivity index (χ0) is 31.5. The highest BCUT2D eigenvalue weighted by atomic mass is 19.1. The summed E-state index contributed by atoms with van der Waals surface area (Å²) in [7, 11) is 0. The number of carbonyl (C=O) groups excluding carboxylic acids is 2. The predicted octanol–water partition coefficient (Wildman–Crippen LogP) is 10.00. The molecule has 0 aromatic heterocycles. The van der Waals surface area contributed by atoms with Gasteiger partial charge in [0.2, 0.25) is 0 Å². The molecule has 2 aromatic rings. The van der Waals surface area contributed by atoms with Gasteiger partial charge in [0.15, 0.2) is 5.60 Å². The van der Waals surface area contributed by atoms with Crippen LogP contribution in [0.15, 0.2) is 72.8 Å². The van der Waals surface area contributed by atoms with Crippen LogP contribution in [0.25, 0.3) is 5.57 Å². The molecule has 0 saturated heterocycles. The number of esters is 2. The van der Waals surface area contributed by atoms with Gasteiger partial charge in [-0.2, -0.15) is 0 Å². The lowest BCUT2D eigenvalue weighted by Crippen LogP contribution is -2.43. The lowest BCUT2D eigenvalue weighted by molar-refractivity contribution is -0.156. The van der Waals surface area contributed by atoms with Crippen molar-refractivity contribution in [1.29, 1.82) is 0 Å². The SMILES string of the molecule is CCCCCCCCOC1(C(=O)Oc2ccc(C(=O)OC(CF)CCCCCCCC)cc2)C=CC(c2ccccc2)=CC1. The minimum atomic E-state index is -1.23. The molecule has 0 amide bonds. The van der Waals surface area contributed by atoms with Gasteiger partial charge in [-0.15, -0.1) is 0 Å². The third kappa shape index (κ3) is 11.7. The molecule has 1 aliphatic rings. The van der Waals surface area contributed by atoms with Gasteiger partial charge in [-0.05, 0) is 60.7 Å². The summed E-state index contributed by atoms with van der Waals surface area (Å²) in [6.07, 6.45) is 19.1. The Labute approximate surface area is 263 Å². The molecule has 3 rings (SSSR count). The van der Waals surface area contributed by atoms with Crippen LogP contribution < -0.4 is 4.74 Å². The van der Waals surface area contributed by atoms with Gasteiger partial charge in [0, 0.05) is 13.0 Å². The van der Waals surface area contributed by atoms with Gasteiger partial charge in [0.1, 0.15) is 18.5 Å². The molecule has 2 unspecified atom stereocenters. The van der Waals surface area contributed by atoms with E-state index in [1.807, 2.05) is 42.5 Å². The van der Waals surface area contributed by atoms with Gasteiger partial charge in [-0.1, -0.05) is 121 Å². The molecule has 2 atom stereocenters. The molecule has 44 heavy (non-hydrogen) atoms. The maximum Gasteiger partial charge on any atom is 0.348 e. The summed E-state index contributed by atoms with van der Waals surface area (Å²) in [5.74, 6) is -0.784. The highest BCUT2D eigenvalue weighted by Crippen LogP contribution is 2.32. The first-order valence-electron chi connectivity index (χ1n) is 16.7. The third-order valence-corrected chi connectivity index (χ3v) is 8.09. The van der Waals surface area contributed by atoms with Crippen molar-refractivity contribution < 1.29 is 28.2 Å². The van der Waals surface area contributed by atoms with Crippen molar-refractivity contribution in [1.82, 2.24) is 0 Å². The summed E-state index contributed by atoms with van der Waals surface area (Å²) >= 11 is 0. The van der Waals surface area contributed by atoms with Crippen molar-refractivity contribution in [2.24, 2.45) is 0 Å². The van der Waals surface area contributed by atoms with E-state index in [-0.39, 0.29) is 5.56 Å². The van der Waals surface area contributed by atoms with Crippen LogP contribution in [0.5, 0.6) is 5.75 Å². The number of allylic oxidation sites excluding steroid dienone is 2. The molecule has 0 bridgehead atoms. The Bertz CT molecular complexity index is 1170. The lowest BCUT2D eigenvalue weighted by Gasteiger charge is -2.30. The minimum absolute atomic E-state index is 0.285. The van der Waals surface area contributed by atoms with E-state index in [0.717, 1.165) is 49.7 Å². The largest absolute Gasteiger partial charge is 0.456 e. The van der Waals surface area contributed by atoms with Gasteiger partial charge in [0.25, 0.3) is 0 Å². The summed E-state index contributed by atoms with van der Waals surface area (Å²) in [6.45, 7) is 4.13. The fourth-order valence-electron chi connectivity index (χ4n) is 5.31. The van der Waals surface area contributed by atoms with Crippen LogP contribution in [-0.2, 0) is 14.3 Å². The van der Waals surface area contributed by atoms with E-state index in [1.54, 1.807) is 30.3 Å². The summed E-state index contributed by atoms with van der Waals surface area (Å²) in [5.41, 5.74) is 1.16. The van der Waals surface area contributed by atoms with Gasteiger partial charge in [-0.3, -0.25) is 0 Å². The summed E-state index contributed by atoms with van der Waals surface area (Å²) in [6, 6.07) is 16.2. The Hall–Kier alpha value is -3.25. The van der Waals surface area contributed by atoms with E-state index in [4.69, 9.17) is 14.2 Å². The molecular formula is C38H51FO5. The standard InChI is InChI=1S/C38H51FO5/c1-3-5-7-9-11-16-20-35(30-39)43-36(40)33-21-23-34(24-22-33)44-37(41)38(42-29-17-12-10-8-6-4-2)27-25-32(26-28-38)31-18-14-13-15-19-31/h13-15,18-19,21-27,35H,3-12,16-17,20,28-30H2,1-2H3. The number of unbranched alkanes of at least 4 members (excludes halogenated alkanes) is 10. The number of carbonyl (C=O) groups is 2. The maximum atomic E-state index is 13.6. The summed E-state index contributed by atoms with van der Waals surface area (Å²) in [4.78, 5) is 26.2. The Morgan fingerprint density at radius 3 is 2.07 bits per heavy atom. The van der Waals surface area contributed by atoms with E-state index < -0.39 is 30.3 Å². The van der Waals surface area contributed by atoms with E-state index in [0.29, 0.717) is 25.2 Å². The van der Waals surface area contributed by atoms with E-state index in [9.17, 15) is 14.0 Å². The van der Waals surface area contributed by atoms with Gasteiger partial charge in [-0.25, -0.2) is 14.0 Å². The molecular weight excluding hydrogens is 555 g/mol. The second kappa shape index (κ2) is 19.9. The first-order chi connectivity index (χ1) is 21.5. The zero-order valence-electron chi connectivity index (χ0n) is 26.7. The minimum Gasteiger partial charge on any atom is -0.456 e. The second-order valence-electron chi connectivity index (χ2n) is 11.7. The summed E-state index contributed by atoms with van der Waals surface area (Å²) < 4.78 is 31.0. The highest BCUT2D eigenvalue weighted by Gasteiger charge is 2.40. The molecule has 0 saturated carbocycles. The number of hydrogen-bond donors (Lipinski definition) is 0. The number of benzene rings is 2. The number of rotatable bonds is 21. The van der Waals surface area contributed by atoms with Crippen molar-refractivity contribution in [2.75, 3.05) is 13.3 Å². The topological polar surface area (TPSA) is 61.8 Å². The molecule has 0 aliphatic heterocycles. The third-order valence-electron chi connectivity index (χ3n) is 8.09. The average molecular weight is 607 g/mol. The Kier molecular flexibility index (Phi) is 15.9. The number of ether oxygens (including phenoxy) is 3. The van der Waals surface area contributed by atoms with Crippen LogP contribution in [-0.4, -0.2) is 36.9 Å². The molecule has 2 aromatic carbocycles. The molecule has 5 nitrogen and oxygen atoms in total. The molecule has 0 heterocycles. The molecule has 0 spiro atoms. The zero-order valence-corrected chi connectivity index (χ0v) is 26.7. The van der Waals surface area contributed by atoms with Gasteiger partial charge in [0.05, 0.1) is 5.56 Å². The highest BCUT2D eigenvalue weighted by molar-refractivity contribution is 5.90. The average Bonchev–Trinajstić information content (AvgIpc) is 3.06. The van der Waals surface area contributed by atoms with Crippen molar-refractivity contribution in [3.63, 3.8) is 0 Å². The van der Waals surface area contributed by atoms with E-state index >= 15 is 0 Å². The Morgan fingerprint density at radius 1 is 0.818 bits per heavy atom. The van der Waals surface area contributed by atoms with Crippen LogP contribution in [0.3, 0.4) is 0 Å². The maximum absolute atomic E-state index is 13.6. The smallest absolute Gasteiger partial charge is 0.348 e. The van der Waals surface area contributed by atoms with E-state index in [1.165, 1.54) is 38.5 Å². The van der Waals surface area contributed by atoms with Crippen molar-refractivity contribution in [3.8, 4) is 5.75 Å². The lowest BCUT2D eigenvalue weighted by atomic mass is 9.89. The number of halogens is 1. The molecule has 0 radical (unpaired) electrons. The monoisotopic (exact) mass is 606 g/mol. The van der Waals surface area contributed by atoms with Gasteiger partial charge >= 0.3 is 11.9 Å². The quantitative estimate of drug-likeness (QED) is 0.0804. The second-order valence-corrected chi connectivity index (χ2v) is 11.7. The van der Waals surface area contributed by atoms with Crippen molar-refractivity contribution >= 4 is 17.5 Å². The molecule has 6 heteroatoms. The first-order valence-corrected chi connectivity index (χ1v) is 16.7. The Balaban J connectivity index is 1.58. The summed E-state index contributed by atoms with van der Waals surface area (Å²) in [5, 5.41) is 0. The van der Waals surface area contributed by atoms with Crippen LogP contribution in [0.4, 0.5) is 4.39 Å².